The van der Waals surface area contributed by atoms with Gasteiger partial charge in [-0.25, -0.2) is 9.97 Å². The fourth-order valence-electron chi connectivity index (χ4n) is 2.57. The van der Waals surface area contributed by atoms with E-state index in [1.165, 1.54) is 6.92 Å². The minimum Gasteiger partial charge on any atom is -0.360 e. The molecule has 8 nitrogen and oxygen atoms in total. The lowest BCUT2D eigenvalue weighted by atomic mass is 10.3. The molecule has 1 atom stereocenters. The lowest BCUT2D eigenvalue weighted by Gasteiger charge is -2.21. The fraction of sp³-hybridized carbons (Fsp3) is 0.312. The molecule has 0 aliphatic heterocycles. The Morgan fingerprint density at radius 1 is 1.31 bits per heavy atom. The standard InChI is InChI=1S/C16H15ClF3N7OS/c1-7-11-13(26-15(17)24-7)27(8(2)16(18,19)20)14(28)12(25-11)23-5-9-3-4-10(29-21)6-22-9/h3-4,6,8H,5,21H2,1-2H3,(H,23,25). The molecule has 3 heterocycles. The van der Waals surface area contributed by atoms with Crippen molar-refractivity contribution in [2.75, 3.05) is 5.32 Å². The SMILES string of the molecule is Cc1nc(Cl)nc2c1nc(NCc1ccc(SN)cn1)c(=O)n2C(C)C(F)(F)F. The molecule has 0 bridgehead atoms. The molecule has 0 aliphatic rings. The van der Waals surface area contributed by atoms with Gasteiger partial charge in [0.25, 0.3) is 5.56 Å². The summed E-state index contributed by atoms with van der Waals surface area (Å²) in [7, 11) is 0. The van der Waals surface area contributed by atoms with Gasteiger partial charge in [-0.15, -0.1) is 0 Å². The predicted octanol–water partition coefficient (Wildman–Crippen LogP) is 3.24. The zero-order valence-electron chi connectivity index (χ0n) is 15.2. The predicted molar refractivity (Wildman–Crippen MR) is 104 cm³/mol. The molecule has 3 aromatic rings. The van der Waals surface area contributed by atoms with Crippen molar-refractivity contribution in [2.45, 2.75) is 37.5 Å². The number of pyridine rings is 1. The van der Waals surface area contributed by atoms with Gasteiger partial charge < -0.3 is 5.32 Å². The molecule has 0 radical (unpaired) electrons. The van der Waals surface area contributed by atoms with E-state index in [0.29, 0.717) is 10.3 Å². The van der Waals surface area contributed by atoms with Crippen molar-refractivity contribution >= 4 is 40.5 Å². The van der Waals surface area contributed by atoms with E-state index in [4.69, 9.17) is 16.7 Å². The highest BCUT2D eigenvalue weighted by atomic mass is 35.5. The average molecular weight is 446 g/mol. The fourth-order valence-corrected chi connectivity index (χ4v) is 3.03. The first-order valence-corrected chi connectivity index (χ1v) is 9.46. The number of halogens is 4. The third kappa shape index (κ3) is 4.43. The quantitative estimate of drug-likeness (QED) is 0.454. The minimum atomic E-state index is -4.68. The third-order valence-corrected chi connectivity index (χ3v) is 4.80. The molecule has 13 heteroatoms. The van der Waals surface area contributed by atoms with Crippen LogP contribution in [0, 0.1) is 6.92 Å². The van der Waals surface area contributed by atoms with Crippen LogP contribution >= 0.6 is 23.5 Å². The molecule has 0 aromatic carbocycles. The number of fused-ring (bicyclic) bond motifs is 1. The average Bonchev–Trinajstić information content (AvgIpc) is 2.66. The lowest BCUT2D eigenvalue weighted by Crippen LogP contribution is -2.35. The maximum Gasteiger partial charge on any atom is 0.409 e. The number of alkyl halides is 3. The first kappa shape index (κ1) is 21.3. The number of anilines is 1. The highest BCUT2D eigenvalue weighted by Gasteiger charge is 2.39. The summed E-state index contributed by atoms with van der Waals surface area (Å²) in [6, 6.07) is 1.26. The van der Waals surface area contributed by atoms with Crippen LogP contribution in [0.2, 0.25) is 5.28 Å². The number of aryl methyl sites for hydroxylation is 1. The molecule has 1 unspecified atom stereocenters. The maximum absolute atomic E-state index is 13.4. The number of hydrogen-bond acceptors (Lipinski definition) is 8. The van der Waals surface area contributed by atoms with Crippen molar-refractivity contribution < 1.29 is 13.2 Å². The van der Waals surface area contributed by atoms with Crippen LogP contribution in [-0.2, 0) is 6.54 Å². The maximum atomic E-state index is 13.4. The van der Waals surface area contributed by atoms with Gasteiger partial charge in [-0.1, -0.05) is 0 Å². The largest absolute Gasteiger partial charge is 0.409 e. The van der Waals surface area contributed by atoms with E-state index in [-0.39, 0.29) is 34.5 Å². The Hall–Kier alpha value is -2.44. The van der Waals surface area contributed by atoms with E-state index in [2.05, 4.69) is 25.3 Å². The number of nitrogens with two attached hydrogens (primary N) is 1. The van der Waals surface area contributed by atoms with Crippen LogP contribution in [0.3, 0.4) is 0 Å². The number of nitrogens with zero attached hydrogens (tertiary/aromatic N) is 5. The van der Waals surface area contributed by atoms with Crippen molar-refractivity contribution in [1.82, 2.24) is 24.5 Å². The van der Waals surface area contributed by atoms with Gasteiger partial charge in [0, 0.05) is 11.1 Å². The second kappa shape index (κ2) is 8.13. The van der Waals surface area contributed by atoms with Crippen molar-refractivity contribution in [3.63, 3.8) is 0 Å². The summed E-state index contributed by atoms with van der Waals surface area (Å²) in [5.41, 5.74) is -0.441. The number of aromatic nitrogens is 5. The van der Waals surface area contributed by atoms with Crippen LogP contribution in [0.5, 0.6) is 0 Å². The summed E-state index contributed by atoms with van der Waals surface area (Å²) in [5.74, 6) is -0.276. The van der Waals surface area contributed by atoms with Gasteiger partial charge in [-0.05, 0) is 49.5 Å². The van der Waals surface area contributed by atoms with Crippen LogP contribution in [0.25, 0.3) is 11.2 Å². The third-order valence-electron chi connectivity index (χ3n) is 4.12. The summed E-state index contributed by atoms with van der Waals surface area (Å²) < 4.78 is 40.7. The summed E-state index contributed by atoms with van der Waals surface area (Å²) in [6.07, 6.45) is -3.14. The van der Waals surface area contributed by atoms with E-state index >= 15 is 0 Å². The van der Waals surface area contributed by atoms with Crippen molar-refractivity contribution in [2.24, 2.45) is 5.14 Å². The van der Waals surface area contributed by atoms with Crippen LogP contribution < -0.4 is 16.0 Å². The second-order valence-corrected chi connectivity index (χ2v) is 7.11. The Bertz CT molecular complexity index is 1100. The Morgan fingerprint density at radius 3 is 2.62 bits per heavy atom. The molecule has 0 fully saturated rings. The van der Waals surface area contributed by atoms with Gasteiger partial charge in [-0.2, -0.15) is 18.2 Å². The van der Waals surface area contributed by atoms with Crippen molar-refractivity contribution in [1.29, 1.82) is 0 Å². The molecule has 0 spiro atoms. The molecular weight excluding hydrogens is 431 g/mol. The normalized spacial score (nSPS) is 12.9. The number of rotatable bonds is 5. The zero-order chi connectivity index (χ0) is 21.3. The van der Waals surface area contributed by atoms with Crippen LogP contribution in [-0.4, -0.2) is 30.7 Å². The Balaban J connectivity index is 2.09. The van der Waals surface area contributed by atoms with Gasteiger partial charge >= 0.3 is 6.18 Å². The van der Waals surface area contributed by atoms with Gasteiger partial charge in [0.05, 0.1) is 17.9 Å². The smallest absolute Gasteiger partial charge is 0.360 e. The van der Waals surface area contributed by atoms with Crippen LogP contribution in [0.4, 0.5) is 19.0 Å². The molecule has 154 valence electrons. The van der Waals surface area contributed by atoms with Crippen LogP contribution in [0.15, 0.2) is 28.0 Å². The molecule has 3 aromatic heterocycles. The highest BCUT2D eigenvalue weighted by Crippen LogP contribution is 2.31. The van der Waals surface area contributed by atoms with E-state index in [1.807, 2.05) is 0 Å². The van der Waals surface area contributed by atoms with Gasteiger partial charge in [0.2, 0.25) is 5.28 Å². The highest BCUT2D eigenvalue weighted by molar-refractivity contribution is 7.97. The van der Waals surface area contributed by atoms with Crippen molar-refractivity contribution in [3.8, 4) is 0 Å². The van der Waals surface area contributed by atoms with Gasteiger partial charge in [0.15, 0.2) is 11.5 Å². The molecular formula is C16H15ClF3N7OS. The van der Waals surface area contributed by atoms with Crippen molar-refractivity contribution in [3.05, 3.63) is 45.4 Å². The molecule has 0 saturated heterocycles. The summed E-state index contributed by atoms with van der Waals surface area (Å²) in [6.45, 7) is 2.45. The molecule has 3 rings (SSSR count). The number of hydrogen-bond donors (Lipinski definition) is 2. The first-order chi connectivity index (χ1) is 13.6. The first-order valence-electron chi connectivity index (χ1n) is 8.20. The van der Waals surface area contributed by atoms with E-state index in [1.54, 1.807) is 18.3 Å². The molecule has 0 amide bonds. The lowest BCUT2D eigenvalue weighted by molar-refractivity contribution is -0.162. The van der Waals surface area contributed by atoms with E-state index in [0.717, 1.165) is 23.8 Å². The summed E-state index contributed by atoms with van der Waals surface area (Å²) >= 11 is 6.82. The molecule has 0 saturated carbocycles. The van der Waals surface area contributed by atoms with Crippen LogP contribution in [0.1, 0.15) is 24.4 Å². The van der Waals surface area contributed by atoms with Gasteiger partial charge in [-0.3, -0.25) is 19.5 Å². The minimum absolute atomic E-state index is 0.0374. The number of nitrogens with one attached hydrogen (secondary N) is 1. The Kier molecular flexibility index (Phi) is 5.96. The zero-order valence-corrected chi connectivity index (χ0v) is 16.7. The Labute approximate surface area is 171 Å². The summed E-state index contributed by atoms with van der Waals surface area (Å²) in [4.78, 5) is 29.6. The molecule has 3 N–H and O–H groups in total. The second-order valence-electron chi connectivity index (χ2n) is 6.06. The van der Waals surface area contributed by atoms with Gasteiger partial charge in [0.1, 0.15) is 11.6 Å². The van der Waals surface area contributed by atoms with E-state index < -0.39 is 17.8 Å². The topological polar surface area (TPSA) is 112 Å². The molecule has 0 aliphatic carbocycles. The summed E-state index contributed by atoms with van der Waals surface area (Å²) in [5, 5.41) is 7.91. The van der Waals surface area contributed by atoms with E-state index in [9.17, 15) is 18.0 Å². The monoisotopic (exact) mass is 445 g/mol. The molecule has 29 heavy (non-hydrogen) atoms. The Morgan fingerprint density at radius 2 is 2.03 bits per heavy atom.